The van der Waals surface area contributed by atoms with E-state index in [2.05, 4.69) is 0 Å². The molecule has 0 atom stereocenters. The van der Waals surface area contributed by atoms with Gasteiger partial charge in [0.05, 0.1) is 6.61 Å². The number of rotatable bonds is 5. The van der Waals surface area contributed by atoms with Crippen LogP contribution in [0.1, 0.15) is 28.4 Å². The number of ether oxygens (including phenoxy) is 1. The zero-order chi connectivity index (χ0) is 13.7. The Kier molecular flexibility index (Phi) is 4.35. The highest BCUT2D eigenvalue weighted by molar-refractivity contribution is 5.97. The fourth-order valence-electron chi connectivity index (χ4n) is 2.01. The van der Waals surface area contributed by atoms with Crippen LogP contribution in [0.15, 0.2) is 48.5 Å². The van der Waals surface area contributed by atoms with Crippen LogP contribution in [0.3, 0.4) is 0 Å². The molecule has 0 saturated heterocycles. The fourth-order valence-corrected chi connectivity index (χ4v) is 2.01. The number of carbonyl (C=O) groups is 1. The first kappa shape index (κ1) is 13.3. The molecule has 2 nitrogen and oxygen atoms in total. The van der Waals surface area contributed by atoms with Gasteiger partial charge in [-0.1, -0.05) is 29.8 Å². The normalized spacial score (nSPS) is 10.2. The van der Waals surface area contributed by atoms with Gasteiger partial charge in [-0.3, -0.25) is 4.79 Å². The average molecular weight is 254 g/mol. The van der Waals surface area contributed by atoms with Crippen molar-refractivity contribution in [3.8, 4) is 5.75 Å². The molecule has 0 spiro atoms. The highest BCUT2D eigenvalue weighted by Crippen LogP contribution is 2.14. The molecule has 19 heavy (non-hydrogen) atoms. The summed E-state index contributed by atoms with van der Waals surface area (Å²) in [4.78, 5) is 12.2. The molecule has 2 aromatic carbocycles. The minimum atomic E-state index is 0.133. The standard InChI is InChI=1S/C17H18O2/c1-3-19-16-9-7-15(8-10-16)17(18)12-14-6-4-5-13(2)11-14/h4-11H,3,12H2,1-2H3. The zero-order valence-electron chi connectivity index (χ0n) is 11.3. The van der Waals surface area contributed by atoms with Crippen LogP contribution in [-0.2, 0) is 6.42 Å². The summed E-state index contributed by atoms with van der Waals surface area (Å²) in [7, 11) is 0. The Morgan fingerprint density at radius 2 is 1.84 bits per heavy atom. The summed E-state index contributed by atoms with van der Waals surface area (Å²) in [5.74, 6) is 0.934. The lowest BCUT2D eigenvalue weighted by Crippen LogP contribution is -2.03. The average Bonchev–Trinajstić information content (AvgIpc) is 2.40. The van der Waals surface area contributed by atoms with Crippen LogP contribution >= 0.6 is 0 Å². The van der Waals surface area contributed by atoms with Crippen molar-refractivity contribution in [3.63, 3.8) is 0 Å². The van der Waals surface area contributed by atoms with E-state index < -0.39 is 0 Å². The molecule has 0 radical (unpaired) electrons. The van der Waals surface area contributed by atoms with Crippen LogP contribution < -0.4 is 4.74 Å². The number of aryl methyl sites for hydroxylation is 1. The maximum atomic E-state index is 12.2. The fraction of sp³-hybridized carbons (Fsp3) is 0.235. The molecule has 0 N–H and O–H groups in total. The quantitative estimate of drug-likeness (QED) is 0.758. The van der Waals surface area contributed by atoms with Crippen LogP contribution in [0.25, 0.3) is 0 Å². The van der Waals surface area contributed by atoms with Gasteiger partial charge < -0.3 is 4.74 Å². The van der Waals surface area contributed by atoms with Gasteiger partial charge >= 0.3 is 0 Å². The van der Waals surface area contributed by atoms with Crippen molar-refractivity contribution >= 4 is 5.78 Å². The van der Waals surface area contributed by atoms with E-state index in [1.807, 2.05) is 62.4 Å². The maximum absolute atomic E-state index is 12.2. The van der Waals surface area contributed by atoms with Crippen LogP contribution in [0, 0.1) is 6.92 Å². The molecular weight excluding hydrogens is 236 g/mol. The summed E-state index contributed by atoms with van der Waals surface area (Å²) in [5.41, 5.74) is 2.96. The SMILES string of the molecule is CCOc1ccc(C(=O)Cc2cccc(C)c2)cc1. The van der Waals surface area contributed by atoms with Crippen molar-refractivity contribution in [2.24, 2.45) is 0 Å². The van der Waals surface area contributed by atoms with E-state index in [1.165, 1.54) is 5.56 Å². The van der Waals surface area contributed by atoms with Crippen molar-refractivity contribution in [3.05, 3.63) is 65.2 Å². The highest BCUT2D eigenvalue weighted by atomic mass is 16.5. The van der Waals surface area contributed by atoms with Crippen LogP contribution in [0.5, 0.6) is 5.75 Å². The lowest BCUT2D eigenvalue weighted by atomic mass is 10.0. The summed E-state index contributed by atoms with van der Waals surface area (Å²) < 4.78 is 5.36. The van der Waals surface area contributed by atoms with Crippen LogP contribution in [0.4, 0.5) is 0 Å². The second-order valence-electron chi connectivity index (χ2n) is 4.55. The molecule has 0 bridgehead atoms. The van der Waals surface area contributed by atoms with Crippen molar-refractivity contribution in [1.82, 2.24) is 0 Å². The first-order chi connectivity index (χ1) is 9.19. The molecule has 0 unspecified atom stereocenters. The molecule has 0 aliphatic rings. The van der Waals surface area contributed by atoms with E-state index in [1.54, 1.807) is 0 Å². The summed E-state index contributed by atoms with van der Waals surface area (Å²) >= 11 is 0. The number of benzene rings is 2. The lowest BCUT2D eigenvalue weighted by molar-refractivity contribution is 0.0993. The van der Waals surface area contributed by atoms with Crippen molar-refractivity contribution in [2.75, 3.05) is 6.61 Å². The van der Waals surface area contributed by atoms with E-state index >= 15 is 0 Å². The van der Waals surface area contributed by atoms with Gasteiger partial charge in [-0.25, -0.2) is 0 Å². The minimum Gasteiger partial charge on any atom is -0.494 e. The summed E-state index contributed by atoms with van der Waals surface area (Å²) in [6.45, 7) is 4.61. The minimum absolute atomic E-state index is 0.133. The molecule has 0 heterocycles. The Morgan fingerprint density at radius 3 is 2.47 bits per heavy atom. The van der Waals surface area contributed by atoms with Gasteiger partial charge in [0.1, 0.15) is 5.75 Å². The Morgan fingerprint density at radius 1 is 1.11 bits per heavy atom. The van der Waals surface area contributed by atoms with E-state index in [-0.39, 0.29) is 5.78 Å². The van der Waals surface area contributed by atoms with Crippen molar-refractivity contribution in [1.29, 1.82) is 0 Å². The number of hydrogen-bond acceptors (Lipinski definition) is 2. The van der Waals surface area contributed by atoms with Gasteiger partial charge in [-0.15, -0.1) is 0 Å². The zero-order valence-corrected chi connectivity index (χ0v) is 11.3. The molecule has 0 fully saturated rings. The Labute approximate surface area is 114 Å². The topological polar surface area (TPSA) is 26.3 Å². The molecule has 2 heteroatoms. The third-order valence-electron chi connectivity index (χ3n) is 2.93. The first-order valence-corrected chi connectivity index (χ1v) is 6.50. The predicted octanol–water partition coefficient (Wildman–Crippen LogP) is 3.82. The lowest BCUT2D eigenvalue weighted by Gasteiger charge is -2.05. The molecule has 0 aliphatic heterocycles. The monoisotopic (exact) mass is 254 g/mol. The first-order valence-electron chi connectivity index (χ1n) is 6.50. The molecule has 0 aliphatic carbocycles. The second-order valence-corrected chi connectivity index (χ2v) is 4.55. The number of carbonyl (C=O) groups excluding carboxylic acids is 1. The van der Waals surface area contributed by atoms with E-state index in [9.17, 15) is 4.79 Å². The van der Waals surface area contributed by atoms with Crippen molar-refractivity contribution < 1.29 is 9.53 Å². The Bertz CT molecular complexity index is 556. The number of Topliss-reactive ketones (excluding diaryl/α,β-unsaturated/α-hetero) is 1. The van der Waals surface area contributed by atoms with E-state index in [0.717, 1.165) is 16.9 Å². The maximum Gasteiger partial charge on any atom is 0.167 e. The van der Waals surface area contributed by atoms with Crippen LogP contribution in [-0.4, -0.2) is 12.4 Å². The highest BCUT2D eigenvalue weighted by Gasteiger charge is 2.07. The van der Waals surface area contributed by atoms with Gasteiger partial charge in [-0.2, -0.15) is 0 Å². The largest absolute Gasteiger partial charge is 0.494 e. The Hall–Kier alpha value is -2.09. The molecule has 0 aromatic heterocycles. The third kappa shape index (κ3) is 3.68. The van der Waals surface area contributed by atoms with Gasteiger partial charge in [-0.05, 0) is 43.7 Å². The number of hydrogen-bond donors (Lipinski definition) is 0. The van der Waals surface area contributed by atoms with Gasteiger partial charge in [0, 0.05) is 12.0 Å². The molecule has 0 saturated carbocycles. The molecule has 98 valence electrons. The molecule has 2 aromatic rings. The second kappa shape index (κ2) is 6.19. The van der Waals surface area contributed by atoms with Gasteiger partial charge in [0.2, 0.25) is 0 Å². The van der Waals surface area contributed by atoms with E-state index in [0.29, 0.717) is 13.0 Å². The Balaban J connectivity index is 2.07. The van der Waals surface area contributed by atoms with E-state index in [4.69, 9.17) is 4.74 Å². The number of ketones is 1. The smallest absolute Gasteiger partial charge is 0.167 e. The molecular formula is C17H18O2. The summed E-state index contributed by atoms with van der Waals surface area (Å²) in [5, 5.41) is 0. The van der Waals surface area contributed by atoms with Crippen molar-refractivity contribution in [2.45, 2.75) is 20.3 Å². The summed E-state index contributed by atoms with van der Waals surface area (Å²) in [6.07, 6.45) is 0.440. The summed E-state index contributed by atoms with van der Waals surface area (Å²) in [6, 6.07) is 15.4. The third-order valence-corrected chi connectivity index (χ3v) is 2.93. The van der Waals surface area contributed by atoms with Gasteiger partial charge in [0.15, 0.2) is 5.78 Å². The predicted molar refractivity (Wildman–Crippen MR) is 76.8 cm³/mol. The van der Waals surface area contributed by atoms with Gasteiger partial charge in [0.25, 0.3) is 0 Å². The molecule has 0 amide bonds. The van der Waals surface area contributed by atoms with Crippen LogP contribution in [0.2, 0.25) is 0 Å². The molecule has 2 rings (SSSR count).